The standard InChI is InChI=1S/C42H55N5O9S/c1-4-28-22-42(28,41(51)45-57(52,53)31-12-13-31)44-39(49)35-19-30-24-47(35)40(50)32(26-9-6-7-10-26)20-38(48)46-15-14-29(23-46)55-16-8-11-27-18-33-34(17-25(27)3)43-37(54-5-2)21-36(33)56-30/h8,11,17-18,21,26,28-32,35H,4-7,9-10,12-16,19-20,22-24H2,1-3H3,(H,44,49)(H,45,51)/t28-,29+,30-,32+,35+,42-/m1/s1. The second-order valence-electron chi connectivity index (χ2n) is 16.9. The number of rotatable bonds is 9. The molecule has 1 aromatic heterocycles. The first-order valence-electron chi connectivity index (χ1n) is 20.9. The Morgan fingerprint density at radius 3 is 2.54 bits per heavy atom. The maximum atomic E-state index is 15.0. The van der Waals surface area contributed by atoms with Crippen LogP contribution < -0.4 is 19.5 Å². The number of carbonyl (C=O) groups is 4. The lowest BCUT2D eigenvalue weighted by Crippen LogP contribution is -2.57. The molecule has 4 amide bonds. The van der Waals surface area contributed by atoms with Crippen LogP contribution in [0.15, 0.2) is 24.3 Å². The summed E-state index contributed by atoms with van der Waals surface area (Å²) in [6.45, 7) is 7.63. The highest BCUT2D eigenvalue weighted by Crippen LogP contribution is 2.47. The van der Waals surface area contributed by atoms with Crippen LogP contribution in [0.3, 0.4) is 0 Å². The van der Waals surface area contributed by atoms with E-state index < -0.39 is 50.7 Å². The Morgan fingerprint density at radius 1 is 1.04 bits per heavy atom. The molecule has 4 heterocycles. The molecule has 3 aliphatic heterocycles. The van der Waals surface area contributed by atoms with Crippen molar-refractivity contribution in [3.63, 3.8) is 0 Å². The third-order valence-electron chi connectivity index (χ3n) is 13.0. The van der Waals surface area contributed by atoms with E-state index >= 15 is 4.79 Å². The zero-order valence-corrected chi connectivity index (χ0v) is 34.0. The summed E-state index contributed by atoms with van der Waals surface area (Å²) in [6, 6.07) is 4.70. The van der Waals surface area contributed by atoms with E-state index in [1.807, 2.05) is 45.1 Å². The summed E-state index contributed by atoms with van der Waals surface area (Å²) in [5.74, 6) is -1.69. The van der Waals surface area contributed by atoms with Gasteiger partial charge >= 0.3 is 0 Å². The quantitative estimate of drug-likeness (QED) is 0.377. The number of fused-ring (bicyclic) bond motifs is 5. The van der Waals surface area contributed by atoms with Crippen LogP contribution >= 0.6 is 0 Å². The van der Waals surface area contributed by atoms with Gasteiger partial charge in [0, 0.05) is 43.3 Å². The Morgan fingerprint density at radius 2 is 1.82 bits per heavy atom. The highest BCUT2D eigenvalue weighted by molar-refractivity contribution is 7.91. The molecule has 6 bridgehead atoms. The summed E-state index contributed by atoms with van der Waals surface area (Å²) in [6.07, 6.45) is 9.46. The third-order valence-corrected chi connectivity index (χ3v) is 14.8. The van der Waals surface area contributed by atoms with Crippen molar-refractivity contribution in [3.05, 3.63) is 35.4 Å². The lowest BCUT2D eigenvalue weighted by Gasteiger charge is -2.32. The van der Waals surface area contributed by atoms with E-state index in [1.54, 1.807) is 15.9 Å². The largest absolute Gasteiger partial charge is 0.488 e. The average molecular weight is 806 g/mol. The van der Waals surface area contributed by atoms with Crippen LogP contribution in [-0.2, 0) is 33.9 Å². The molecule has 308 valence electrons. The number of carbonyl (C=O) groups excluding carboxylic acids is 4. The molecule has 0 unspecified atom stereocenters. The summed E-state index contributed by atoms with van der Waals surface area (Å²) < 4.78 is 46.7. The summed E-state index contributed by atoms with van der Waals surface area (Å²) in [5.41, 5.74) is 1.21. The Kier molecular flexibility index (Phi) is 11.0. The molecule has 2 aromatic rings. The summed E-state index contributed by atoms with van der Waals surface area (Å²) >= 11 is 0. The normalized spacial score (nSPS) is 29.6. The van der Waals surface area contributed by atoms with Gasteiger partial charge in [-0.15, -0.1) is 0 Å². The van der Waals surface area contributed by atoms with Gasteiger partial charge in [0.2, 0.25) is 33.6 Å². The van der Waals surface area contributed by atoms with Gasteiger partial charge < -0.3 is 29.3 Å². The first-order valence-corrected chi connectivity index (χ1v) is 22.4. The number of hydrogen-bond acceptors (Lipinski definition) is 10. The Balaban J connectivity index is 1.16. The predicted molar refractivity (Wildman–Crippen MR) is 212 cm³/mol. The highest BCUT2D eigenvalue weighted by Gasteiger charge is 2.62. The minimum atomic E-state index is -3.86. The molecule has 15 heteroatoms. The van der Waals surface area contributed by atoms with Crippen LogP contribution in [0.4, 0.5) is 0 Å². The summed E-state index contributed by atoms with van der Waals surface area (Å²) in [7, 11) is -3.86. The van der Waals surface area contributed by atoms with E-state index in [1.165, 1.54) is 0 Å². The first-order chi connectivity index (χ1) is 27.4. The minimum absolute atomic E-state index is 0.0174. The molecule has 1 aromatic carbocycles. The number of sulfonamides is 1. The highest BCUT2D eigenvalue weighted by atomic mass is 32.2. The number of ether oxygens (including phenoxy) is 3. The SMILES string of the molecule is CCOc1cc2c3cc(c(C)cc3n1)C=CCO[C@H]1CCN(C1)C(=O)C[C@@H](C1CCCC1)C(=O)N1C[C@@H](C[C@H]1C(=O)N[C@]1(C(=O)NS(=O)(=O)C3CC3)C[C@H]1CC)O2. The van der Waals surface area contributed by atoms with Crippen LogP contribution in [0.5, 0.6) is 11.6 Å². The monoisotopic (exact) mass is 805 g/mol. The van der Waals surface area contributed by atoms with Gasteiger partial charge in [0.15, 0.2) is 0 Å². The maximum absolute atomic E-state index is 15.0. The van der Waals surface area contributed by atoms with Crippen molar-refractivity contribution >= 4 is 50.6 Å². The molecule has 57 heavy (non-hydrogen) atoms. The molecule has 2 N–H and O–H groups in total. The number of benzene rings is 1. The van der Waals surface area contributed by atoms with Crippen molar-refractivity contribution in [3.8, 4) is 11.6 Å². The fourth-order valence-electron chi connectivity index (χ4n) is 9.49. The molecule has 0 spiro atoms. The van der Waals surface area contributed by atoms with Crippen molar-refractivity contribution < 1.29 is 41.8 Å². The second-order valence-corrected chi connectivity index (χ2v) is 18.8. The van der Waals surface area contributed by atoms with E-state index in [-0.39, 0.29) is 49.1 Å². The Bertz CT molecular complexity index is 2060. The van der Waals surface area contributed by atoms with Crippen LogP contribution in [0.1, 0.15) is 95.6 Å². The van der Waals surface area contributed by atoms with Gasteiger partial charge in [0.1, 0.15) is 23.4 Å². The molecule has 8 rings (SSSR count). The molecule has 0 radical (unpaired) electrons. The maximum Gasteiger partial charge on any atom is 0.259 e. The van der Waals surface area contributed by atoms with Crippen LogP contribution in [-0.4, -0.2) is 109 Å². The lowest BCUT2D eigenvalue weighted by atomic mass is 9.86. The van der Waals surface area contributed by atoms with Gasteiger partial charge in [-0.1, -0.05) is 38.3 Å². The zero-order chi connectivity index (χ0) is 40.1. The van der Waals surface area contributed by atoms with Gasteiger partial charge in [0.05, 0.1) is 36.6 Å². The van der Waals surface area contributed by atoms with Crippen molar-refractivity contribution in [2.75, 3.05) is 32.8 Å². The van der Waals surface area contributed by atoms with Gasteiger partial charge in [-0.2, -0.15) is 0 Å². The molecular weight excluding hydrogens is 751 g/mol. The van der Waals surface area contributed by atoms with Crippen LogP contribution in [0.25, 0.3) is 17.0 Å². The van der Waals surface area contributed by atoms with E-state index in [0.717, 1.165) is 42.2 Å². The van der Waals surface area contributed by atoms with Crippen molar-refractivity contribution in [1.29, 1.82) is 0 Å². The van der Waals surface area contributed by atoms with Gasteiger partial charge in [-0.25, -0.2) is 13.4 Å². The van der Waals surface area contributed by atoms with Gasteiger partial charge in [-0.05, 0) is 87.5 Å². The zero-order valence-electron chi connectivity index (χ0n) is 33.2. The number of aromatic nitrogens is 1. The summed E-state index contributed by atoms with van der Waals surface area (Å²) in [4.78, 5) is 65.4. The fraction of sp³-hybridized carbons (Fsp3) is 0.643. The third kappa shape index (κ3) is 8.10. The fourth-order valence-corrected chi connectivity index (χ4v) is 10.9. The molecule has 14 nitrogen and oxygen atoms in total. The van der Waals surface area contributed by atoms with Crippen molar-refractivity contribution in [2.24, 2.45) is 17.8 Å². The molecule has 3 aliphatic carbocycles. The number of hydrogen-bond donors (Lipinski definition) is 2. The first kappa shape index (κ1) is 39.6. The molecule has 2 saturated heterocycles. The predicted octanol–water partition coefficient (Wildman–Crippen LogP) is 4.02. The van der Waals surface area contributed by atoms with Gasteiger partial charge in [-0.3, -0.25) is 23.9 Å². The van der Waals surface area contributed by atoms with Crippen molar-refractivity contribution in [1.82, 2.24) is 24.8 Å². The van der Waals surface area contributed by atoms with E-state index in [0.29, 0.717) is 75.6 Å². The number of aryl methyl sites for hydroxylation is 1. The molecule has 5 fully saturated rings. The minimum Gasteiger partial charge on any atom is -0.488 e. The Labute approximate surface area is 334 Å². The molecule has 6 atom stereocenters. The van der Waals surface area contributed by atoms with Crippen LogP contribution in [0.2, 0.25) is 0 Å². The molecular formula is C42H55N5O9S. The number of nitrogens with zero attached hydrogens (tertiary/aromatic N) is 3. The van der Waals surface area contributed by atoms with E-state index in [4.69, 9.17) is 19.2 Å². The topological polar surface area (TPSA) is 174 Å². The Hall–Kier alpha value is -4.24. The van der Waals surface area contributed by atoms with Crippen LogP contribution in [0, 0.1) is 24.7 Å². The molecule has 3 saturated carbocycles. The lowest BCUT2D eigenvalue weighted by molar-refractivity contribution is -0.147. The van der Waals surface area contributed by atoms with Gasteiger partial charge in [0.25, 0.3) is 5.91 Å². The van der Waals surface area contributed by atoms with Crippen molar-refractivity contribution in [2.45, 2.75) is 120 Å². The number of amides is 4. The average Bonchev–Trinajstić information content (AvgIpc) is 3.95. The van der Waals surface area contributed by atoms with E-state index in [9.17, 15) is 22.8 Å². The summed E-state index contributed by atoms with van der Waals surface area (Å²) in [5, 5.41) is 3.10. The second kappa shape index (κ2) is 15.8. The smallest absolute Gasteiger partial charge is 0.259 e. The van der Waals surface area contributed by atoms with E-state index in [2.05, 4.69) is 10.0 Å². The molecule has 6 aliphatic rings. The number of pyridine rings is 1. The number of nitrogens with one attached hydrogen (secondary N) is 2.